The number of amides is 4. The topological polar surface area (TPSA) is 91.4 Å². The summed E-state index contributed by atoms with van der Waals surface area (Å²) in [6, 6.07) is 3.26. The average Bonchev–Trinajstić information content (AvgIpc) is 3.25. The summed E-state index contributed by atoms with van der Waals surface area (Å²) in [5.74, 6) is -0.275. The molecule has 1 saturated carbocycles. The molecule has 7 nitrogen and oxygen atoms in total. The Hall–Kier alpha value is -2.48. The molecule has 2 N–H and O–H groups in total. The van der Waals surface area contributed by atoms with Crippen LogP contribution in [0.15, 0.2) is 23.7 Å². The van der Waals surface area contributed by atoms with E-state index in [1.165, 1.54) is 0 Å². The molecule has 1 spiro atoms. The Kier molecular flexibility index (Phi) is 3.49. The lowest BCUT2D eigenvalue weighted by Crippen LogP contribution is -2.44. The van der Waals surface area contributed by atoms with Gasteiger partial charge in [0, 0.05) is 16.3 Å². The van der Waals surface area contributed by atoms with Gasteiger partial charge in [0.15, 0.2) is 0 Å². The summed E-state index contributed by atoms with van der Waals surface area (Å²) in [6.45, 7) is -0.297. The van der Waals surface area contributed by atoms with Gasteiger partial charge < -0.3 is 10.6 Å². The van der Waals surface area contributed by atoms with Crippen LogP contribution >= 0.6 is 11.3 Å². The van der Waals surface area contributed by atoms with Gasteiger partial charge in [-0.2, -0.15) is 0 Å². The Morgan fingerprint density at radius 2 is 2.12 bits per heavy atom. The molecule has 0 bridgehead atoms. The first-order valence-corrected chi connectivity index (χ1v) is 8.73. The van der Waals surface area contributed by atoms with Gasteiger partial charge in [0.05, 0.1) is 0 Å². The van der Waals surface area contributed by atoms with Crippen LogP contribution in [0.1, 0.15) is 25.7 Å². The van der Waals surface area contributed by atoms with E-state index in [2.05, 4.69) is 15.6 Å². The number of fused-ring (bicyclic) bond motifs is 1. The second-order valence-electron chi connectivity index (χ2n) is 6.15. The maximum atomic E-state index is 12.5. The Labute approximate surface area is 142 Å². The van der Waals surface area contributed by atoms with E-state index in [4.69, 9.17) is 0 Å². The van der Waals surface area contributed by atoms with Gasteiger partial charge in [-0.1, -0.05) is 12.8 Å². The second kappa shape index (κ2) is 5.55. The van der Waals surface area contributed by atoms with Crippen LogP contribution in [0.25, 0.3) is 10.1 Å². The van der Waals surface area contributed by atoms with E-state index < -0.39 is 17.5 Å². The molecule has 2 fully saturated rings. The molecule has 2 aromatic rings. The molecule has 0 radical (unpaired) electrons. The highest BCUT2D eigenvalue weighted by Gasteiger charge is 2.52. The summed E-state index contributed by atoms with van der Waals surface area (Å²) >= 11 is 1.55. The molecule has 1 aliphatic heterocycles. The van der Waals surface area contributed by atoms with E-state index in [0.717, 1.165) is 27.8 Å². The normalized spacial score (nSPS) is 19.2. The van der Waals surface area contributed by atoms with E-state index >= 15 is 0 Å². The standard InChI is InChI=1S/C16H16N4O3S/c21-12(18-13-10-4-8-24-11(10)3-7-17-13)9-20-14(22)16(19-15(20)23)5-1-2-6-16/h3-4,7-8H,1-2,5-6,9H2,(H,19,23)(H,17,18,21). The number of hydrogen-bond donors (Lipinski definition) is 2. The van der Waals surface area contributed by atoms with Gasteiger partial charge in [0.2, 0.25) is 5.91 Å². The first-order chi connectivity index (χ1) is 11.6. The number of rotatable bonds is 3. The van der Waals surface area contributed by atoms with Crippen LogP contribution in [-0.4, -0.2) is 39.8 Å². The van der Waals surface area contributed by atoms with Gasteiger partial charge >= 0.3 is 6.03 Å². The number of imide groups is 1. The van der Waals surface area contributed by atoms with Crippen molar-refractivity contribution >= 4 is 45.1 Å². The fraction of sp³-hybridized carbons (Fsp3) is 0.375. The van der Waals surface area contributed by atoms with Crippen LogP contribution in [0, 0.1) is 0 Å². The van der Waals surface area contributed by atoms with Gasteiger partial charge in [-0.3, -0.25) is 14.5 Å². The van der Waals surface area contributed by atoms with Crippen molar-refractivity contribution in [1.82, 2.24) is 15.2 Å². The Morgan fingerprint density at radius 3 is 2.92 bits per heavy atom. The fourth-order valence-electron chi connectivity index (χ4n) is 3.45. The molecule has 2 aliphatic rings. The van der Waals surface area contributed by atoms with Crippen molar-refractivity contribution < 1.29 is 14.4 Å². The Morgan fingerprint density at radius 1 is 1.33 bits per heavy atom. The second-order valence-corrected chi connectivity index (χ2v) is 7.10. The third-order valence-corrected chi connectivity index (χ3v) is 5.52. The number of hydrogen-bond acceptors (Lipinski definition) is 5. The quantitative estimate of drug-likeness (QED) is 0.834. The zero-order chi connectivity index (χ0) is 16.7. The molecular weight excluding hydrogens is 328 g/mol. The van der Waals surface area contributed by atoms with Crippen molar-refractivity contribution in [2.75, 3.05) is 11.9 Å². The van der Waals surface area contributed by atoms with Gasteiger partial charge in [-0.25, -0.2) is 9.78 Å². The molecule has 4 amide bonds. The SMILES string of the molecule is O=C(CN1C(=O)NC2(CCCC2)C1=O)Nc1nccc2sccc12. The van der Waals surface area contributed by atoms with Crippen molar-refractivity contribution in [2.45, 2.75) is 31.2 Å². The summed E-state index contributed by atoms with van der Waals surface area (Å²) in [6.07, 6.45) is 4.73. The molecule has 1 aliphatic carbocycles. The monoisotopic (exact) mass is 344 g/mol. The lowest BCUT2D eigenvalue weighted by atomic mass is 9.98. The third kappa shape index (κ3) is 2.34. The summed E-state index contributed by atoms with van der Waals surface area (Å²) in [7, 11) is 0. The lowest BCUT2D eigenvalue weighted by Gasteiger charge is -2.19. The first-order valence-electron chi connectivity index (χ1n) is 7.85. The van der Waals surface area contributed by atoms with E-state index in [-0.39, 0.29) is 12.5 Å². The molecule has 4 rings (SSSR count). The molecule has 1 saturated heterocycles. The predicted octanol–water partition coefficient (Wildman–Crippen LogP) is 2.10. The number of nitrogens with zero attached hydrogens (tertiary/aromatic N) is 2. The number of thiophene rings is 1. The minimum Gasteiger partial charge on any atom is -0.323 e. The van der Waals surface area contributed by atoms with Crippen molar-refractivity contribution in [1.29, 1.82) is 0 Å². The number of carbonyl (C=O) groups excluding carboxylic acids is 3. The van der Waals surface area contributed by atoms with Crippen molar-refractivity contribution in [2.24, 2.45) is 0 Å². The Bertz CT molecular complexity index is 841. The molecule has 0 unspecified atom stereocenters. The minimum atomic E-state index is -0.789. The maximum absolute atomic E-state index is 12.5. The number of nitrogens with one attached hydrogen (secondary N) is 2. The van der Waals surface area contributed by atoms with Crippen LogP contribution in [0.5, 0.6) is 0 Å². The molecule has 2 aromatic heterocycles. The summed E-state index contributed by atoms with van der Waals surface area (Å²) in [4.78, 5) is 42.1. The molecular formula is C16H16N4O3S. The van der Waals surface area contributed by atoms with E-state index in [0.29, 0.717) is 18.7 Å². The Balaban J connectivity index is 1.49. The number of anilines is 1. The summed E-state index contributed by atoms with van der Waals surface area (Å²) in [5, 5.41) is 8.24. The molecule has 3 heterocycles. The highest BCUT2D eigenvalue weighted by molar-refractivity contribution is 7.17. The van der Waals surface area contributed by atoms with Gasteiger partial charge in [-0.15, -0.1) is 11.3 Å². The van der Waals surface area contributed by atoms with Crippen molar-refractivity contribution in [3.63, 3.8) is 0 Å². The molecule has 124 valence electrons. The summed E-state index contributed by atoms with van der Waals surface area (Å²) < 4.78 is 1.01. The highest BCUT2D eigenvalue weighted by atomic mass is 32.1. The molecule has 0 atom stereocenters. The largest absolute Gasteiger partial charge is 0.325 e. The van der Waals surface area contributed by atoms with Gasteiger partial charge in [-0.05, 0) is 30.4 Å². The zero-order valence-corrected chi connectivity index (χ0v) is 13.7. The van der Waals surface area contributed by atoms with Crippen molar-refractivity contribution in [3.8, 4) is 0 Å². The fourth-order valence-corrected chi connectivity index (χ4v) is 4.23. The minimum absolute atomic E-state index is 0.290. The molecule has 8 heteroatoms. The highest BCUT2D eigenvalue weighted by Crippen LogP contribution is 2.35. The number of aromatic nitrogens is 1. The van der Waals surface area contributed by atoms with Crippen LogP contribution in [0.2, 0.25) is 0 Å². The summed E-state index contributed by atoms with van der Waals surface area (Å²) in [5.41, 5.74) is -0.789. The van der Waals surface area contributed by atoms with Gasteiger partial charge in [0.25, 0.3) is 5.91 Å². The van der Waals surface area contributed by atoms with Crippen LogP contribution in [0.3, 0.4) is 0 Å². The third-order valence-electron chi connectivity index (χ3n) is 4.64. The smallest absolute Gasteiger partial charge is 0.323 e. The predicted molar refractivity (Wildman–Crippen MR) is 89.7 cm³/mol. The zero-order valence-electron chi connectivity index (χ0n) is 12.9. The van der Waals surface area contributed by atoms with Crippen LogP contribution in [0.4, 0.5) is 10.6 Å². The molecule has 0 aromatic carbocycles. The maximum Gasteiger partial charge on any atom is 0.325 e. The van der Waals surface area contributed by atoms with E-state index in [1.807, 2.05) is 17.5 Å². The first kappa shape index (κ1) is 15.1. The van der Waals surface area contributed by atoms with Crippen molar-refractivity contribution in [3.05, 3.63) is 23.7 Å². The number of urea groups is 1. The van der Waals surface area contributed by atoms with Gasteiger partial charge in [0.1, 0.15) is 17.9 Å². The van der Waals surface area contributed by atoms with E-state index in [9.17, 15) is 14.4 Å². The average molecular weight is 344 g/mol. The lowest BCUT2D eigenvalue weighted by molar-refractivity contribution is -0.133. The van der Waals surface area contributed by atoms with E-state index in [1.54, 1.807) is 17.5 Å². The van der Waals surface area contributed by atoms with Crippen LogP contribution in [-0.2, 0) is 9.59 Å². The number of carbonyl (C=O) groups is 3. The molecule has 24 heavy (non-hydrogen) atoms. The number of pyridine rings is 1. The van der Waals surface area contributed by atoms with Crippen LogP contribution < -0.4 is 10.6 Å².